The molecule has 23 heavy (non-hydrogen) atoms. The highest BCUT2D eigenvalue weighted by molar-refractivity contribution is 6.31. The Bertz CT molecular complexity index is 818. The normalized spacial score (nSPS) is 10.7. The van der Waals surface area contributed by atoms with Crippen LogP contribution in [0.15, 0.2) is 36.5 Å². The van der Waals surface area contributed by atoms with Crippen molar-refractivity contribution < 1.29 is 0 Å². The Kier molecular flexibility index (Phi) is 4.79. The van der Waals surface area contributed by atoms with Gasteiger partial charge in [0.1, 0.15) is 5.82 Å². The monoisotopic (exact) mass is 347 g/mol. The Hall–Kier alpha value is -2.11. The molecule has 118 valence electrons. The Morgan fingerprint density at radius 3 is 2.65 bits per heavy atom. The largest absolute Gasteiger partial charge is 0.383 e. The van der Waals surface area contributed by atoms with Crippen LogP contribution in [0.4, 0.5) is 11.5 Å². The molecule has 0 unspecified atom stereocenters. The Morgan fingerprint density at radius 1 is 1.00 bits per heavy atom. The molecular formula is C16H15Cl2N5. The van der Waals surface area contributed by atoms with Gasteiger partial charge in [-0.2, -0.15) is 0 Å². The summed E-state index contributed by atoms with van der Waals surface area (Å²) in [6.45, 7) is 3.30. The van der Waals surface area contributed by atoms with Crippen LogP contribution in [0.3, 0.4) is 0 Å². The van der Waals surface area contributed by atoms with Gasteiger partial charge in [-0.3, -0.25) is 4.98 Å². The number of nitrogens with zero attached hydrogens (tertiary/aromatic N) is 3. The number of hydrogen-bond acceptors (Lipinski definition) is 5. The van der Waals surface area contributed by atoms with E-state index < -0.39 is 0 Å². The molecule has 0 amide bonds. The summed E-state index contributed by atoms with van der Waals surface area (Å²) in [6, 6.07) is 9.48. The van der Waals surface area contributed by atoms with Crippen molar-refractivity contribution in [3.63, 3.8) is 0 Å². The number of benzene rings is 1. The van der Waals surface area contributed by atoms with E-state index in [-0.39, 0.29) is 5.28 Å². The molecule has 0 aliphatic heterocycles. The number of pyridine rings is 1. The topological polar surface area (TPSA) is 62.7 Å². The minimum atomic E-state index is 0.248. The second-order valence-electron chi connectivity index (χ2n) is 5.04. The van der Waals surface area contributed by atoms with Crippen molar-refractivity contribution >= 4 is 45.6 Å². The van der Waals surface area contributed by atoms with Gasteiger partial charge in [-0.25, -0.2) is 9.97 Å². The molecule has 0 fully saturated rings. The van der Waals surface area contributed by atoms with Crippen LogP contribution in [0.2, 0.25) is 10.3 Å². The summed E-state index contributed by atoms with van der Waals surface area (Å²) in [5.74, 6) is 0.718. The van der Waals surface area contributed by atoms with E-state index in [9.17, 15) is 0 Å². The molecule has 3 aromatic rings. The number of fused-ring (bicyclic) bond motifs is 1. The third-order valence-corrected chi connectivity index (χ3v) is 3.68. The molecule has 0 radical (unpaired) electrons. The fraction of sp³-hybridized carbons (Fsp3) is 0.188. The number of hydrogen-bond donors (Lipinski definition) is 2. The van der Waals surface area contributed by atoms with E-state index in [0.717, 1.165) is 34.6 Å². The molecule has 0 aliphatic carbocycles. The lowest BCUT2D eigenvalue weighted by Gasteiger charge is -2.11. The first-order chi connectivity index (χ1) is 11.1. The summed E-state index contributed by atoms with van der Waals surface area (Å²) in [6.07, 6.45) is 1.77. The van der Waals surface area contributed by atoms with Crippen molar-refractivity contribution in [2.75, 3.05) is 23.7 Å². The van der Waals surface area contributed by atoms with Crippen molar-refractivity contribution in [2.45, 2.75) is 6.92 Å². The van der Waals surface area contributed by atoms with E-state index in [2.05, 4.69) is 25.6 Å². The summed E-state index contributed by atoms with van der Waals surface area (Å²) in [5.41, 5.74) is 2.72. The summed E-state index contributed by atoms with van der Waals surface area (Å²) in [5, 5.41) is 8.57. The molecule has 0 bridgehead atoms. The average molecular weight is 348 g/mol. The molecular weight excluding hydrogens is 333 g/mol. The number of aromatic nitrogens is 3. The molecule has 2 N–H and O–H groups in total. The van der Waals surface area contributed by atoms with Crippen LogP contribution < -0.4 is 10.6 Å². The molecule has 1 aromatic carbocycles. The van der Waals surface area contributed by atoms with E-state index in [4.69, 9.17) is 23.2 Å². The van der Waals surface area contributed by atoms with E-state index in [1.165, 1.54) is 0 Å². The highest BCUT2D eigenvalue weighted by Gasteiger charge is 2.03. The van der Waals surface area contributed by atoms with Gasteiger partial charge in [0.2, 0.25) is 5.28 Å². The van der Waals surface area contributed by atoms with Gasteiger partial charge in [0.15, 0.2) is 0 Å². The molecule has 0 saturated carbocycles. The third-order valence-electron chi connectivity index (χ3n) is 3.28. The maximum Gasteiger partial charge on any atom is 0.224 e. The second kappa shape index (κ2) is 6.98. The number of rotatable bonds is 5. The van der Waals surface area contributed by atoms with Crippen molar-refractivity contribution in [1.29, 1.82) is 0 Å². The molecule has 0 saturated heterocycles. The van der Waals surface area contributed by atoms with Gasteiger partial charge in [-0.1, -0.05) is 11.6 Å². The minimum Gasteiger partial charge on any atom is -0.383 e. The maximum atomic E-state index is 6.00. The lowest BCUT2D eigenvalue weighted by atomic mass is 10.2. The van der Waals surface area contributed by atoms with Crippen LogP contribution >= 0.6 is 23.2 Å². The zero-order valence-corrected chi connectivity index (χ0v) is 14.0. The van der Waals surface area contributed by atoms with Crippen molar-refractivity contribution in [1.82, 2.24) is 15.0 Å². The fourth-order valence-corrected chi connectivity index (χ4v) is 2.68. The van der Waals surface area contributed by atoms with E-state index in [1.807, 2.05) is 37.3 Å². The molecule has 7 heteroatoms. The number of nitrogens with one attached hydrogen (secondary N) is 2. The first-order valence-electron chi connectivity index (χ1n) is 7.15. The van der Waals surface area contributed by atoms with Gasteiger partial charge in [0.05, 0.1) is 5.52 Å². The molecule has 5 nitrogen and oxygen atoms in total. The van der Waals surface area contributed by atoms with Gasteiger partial charge in [0, 0.05) is 47.1 Å². The van der Waals surface area contributed by atoms with E-state index in [1.54, 1.807) is 6.20 Å². The summed E-state index contributed by atoms with van der Waals surface area (Å²) >= 11 is 11.8. The van der Waals surface area contributed by atoms with Crippen molar-refractivity contribution in [2.24, 2.45) is 0 Å². The molecule has 0 spiro atoms. The van der Waals surface area contributed by atoms with Gasteiger partial charge < -0.3 is 10.6 Å². The Morgan fingerprint density at radius 2 is 1.83 bits per heavy atom. The molecule has 2 heterocycles. The van der Waals surface area contributed by atoms with Crippen LogP contribution in [0.1, 0.15) is 5.69 Å². The second-order valence-corrected chi connectivity index (χ2v) is 5.81. The highest BCUT2D eigenvalue weighted by Crippen LogP contribution is 2.24. The fourth-order valence-electron chi connectivity index (χ4n) is 2.29. The zero-order valence-electron chi connectivity index (χ0n) is 12.5. The van der Waals surface area contributed by atoms with Crippen molar-refractivity contribution in [3.8, 4) is 0 Å². The first kappa shape index (κ1) is 15.8. The van der Waals surface area contributed by atoms with Gasteiger partial charge in [-0.05, 0) is 42.8 Å². The number of anilines is 2. The molecule has 2 aromatic heterocycles. The highest BCUT2D eigenvalue weighted by atomic mass is 35.5. The minimum absolute atomic E-state index is 0.248. The summed E-state index contributed by atoms with van der Waals surface area (Å²) in [7, 11) is 0. The molecule has 3 rings (SSSR count). The maximum absolute atomic E-state index is 6.00. The van der Waals surface area contributed by atoms with Gasteiger partial charge in [0.25, 0.3) is 0 Å². The van der Waals surface area contributed by atoms with Crippen molar-refractivity contribution in [3.05, 3.63) is 52.5 Å². The lowest BCUT2D eigenvalue weighted by molar-refractivity contribution is 1.03. The lowest BCUT2D eigenvalue weighted by Crippen LogP contribution is -2.14. The molecule has 0 atom stereocenters. The van der Waals surface area contributed by atoms with Crippen LogP contribution in [-0.4, -0.2) is 28.0 Å². The van der Waals surface area contributed by atoms with E-state index in [0.29, 0.717) is 11.6 Å². The first-order valence-corrected chi connectivity index (χ1v) is 7.90. The van der Waals surface area contributed by atoms with Crippen LogP contribution in [-0.2, 0) is 0 Å². The van der Waals surface area contributed by atoms with Crippen LogP contribution in [0.25, 0.3) is 10.9 Å². The number of halogens is 2. The van der Waals surface area contributed by atoms with Gasteiger partial charge >= 0.3 is 0 Å². The van der Waals surface area contributed by atoms with Crippen LogP contribution in [0.5, 0.6) is 0 Å². The quantitative estimate of drug-likeness (QED) is 0.535. The smallest absolute Gasteiger partial charge is 0.224 e. The zero-order chi connectivity index (χ0) is 16.2. The predicted molar refractivity (Wildman–Crippen MR) is 95.5 cm³/mol. The molecule has 0 aliphatic rings. The Labute approximate surface area is 144 Å². The van der Waals surface area contributed by atoms with Crippen LogP contribution in [0, 0.1) is 6.92 Å². The third kappa shape index (κ3) is 4.00. The SMILES string of the molecule is Cc1cc(NCCNc2ccnc3cc(Cl)ccc23)nc(Cl)n1. The Balaban J connectivity index is 1.63. The number of aryl methyl sites for hydroxylation is 1. The summed E-state index contributed by atoms with van der Waals surface area (Å²) in [4.78, 5) is 12.5. The standard InChI is InChI=1S/C16H15Cl2N5/c1-10-8-15(23-16(18)22-10)21-7-6-20-13-4-5-19-14-9-11(17)2-3-12(13)14/h2-5,8-9H,6-7H2,1H3,(H,19,20)(H,21,22,23). The summed E-state index contributed by atoms with van der Waals surface area (Å²) < 4.78 is 0. The van der Waals surface area contributed by atoms with Gasteiger partial charge in [-0.15, -0.1) is 0 Å². The van der Waals surface area contributed by atoms with E-state index >= 15 is 0 Å². The average Bonchev–Trinajstić information content (AvgIpc) is 2.50. The predicted octanol–water partition coefficient (Wildman–Crippen LogP) is 4.16.